The van der Waals surface area contributed by atoms with E-state index in [1.807, 2.05) is 0 Å². The average Bonchev–Trinajstić information content (AvgIpc) is 2.96. The van der Waals surface area contributed by atoms with Crippen molar-refractivity contribution in [1.29, 1.82) is 0 Å². The lowest BCUT2D eigenvalue weighted by atomic mass is 10.1. The number of aromatic nitrogens is 2. The SMILES string of the molecule is COc1cc2nccc(Oc3ccc(NC(=O)c4cc(Br)c(=O)n(-c5ccc(F)cc5)c4O)cc3F)c2cc1OC. The molecule has 2 aromatic heterocycles. The van der Waals surface area contributed by atoms with Crippen LogP contribution in [0.15, 0.2) is 82.2 Å². The number of anilines is 1. The van der Waals surface area contributed by atoms with Crippen molar-refractivity contribution < 1.29 is 32.9 Å². The fourth-order valence-electron chi connectivity index (χ4n) is 4.09. The van der Waals surface area contributed by atoms with Crippen LogP contribution in [-0.2, 0) is 0 Å². The minimum atomic E-state index is -0.826. The highest BCUT2D eigenvalue weighted by atomic mass is 79.9. The molecule has 0 aliphatic rings. The minimum absolute atomic E-state index is 0.0291. The molecule has 5 aromatic rings. The van der Waals surface area contributed by atoms with Crippen LogP contribution < -0.4 is 25.1 Å². The summed E-state index contributed by atoms with van der Waals surface area (Å²) in [6, 6.07) is 14.6. The molecule has 0 bridgehead atoms. The number of rotatable bonds is 7. The van der Waals surface area contributed by atoms with Crippen molar-refractivity contribution in [3.63, 3.8) is 0 Å². The Morgan fingerprint density at radius 2 is 1.63 bits per heavy atom. The van der Waals surface area contributed by atoms with E-state index in [1.54, 1.807) is 18.2 Å². The molecule has 2 heterocycles. The number of aromatic hydroxyl groups is 1. The fraction of sp³-hybridized carbons (Fsp3) is 0.0690. The molecule has 0 saturated carbocycles. The summed E-state index contributed by atoms with van der Waals surface area (Å²) < 4.78 is 45.8. The molecule has 0 unspecified atom stereocenters. The zero-order valence-electron chi connectivity index (χ0n) is 21.4. The molecule has 9 nitrogen and oxygen atoms in total. The lowest BCUT2D eigenvalue weighted by Crippen LogP contribution is -2.23. The number of nitrogens with one attached hydrogen (secondary N) is 1. The van der Waals surface area contributed by atoms with Gasteiger partial charge in [-0.15, -0.1) is 0 Å². The first kappa shape index (κ1) is 27.6. The van der Waals surface area contributed by atoms with E-state index in [4.69, 9.17) is 14.2 Å². The zero-order valence-corrected chi connectivity index (χ0v) is 23.0. The predicted octanol–water partition coefficient (Wildman–Crippen LogP) is 6.19. The summed E-state index contributed by atoms with van der Waals surface area (Å²) in [5, 5.41) is 13.8. The minimum Gasteiger partial charge on any atom is -0.494 e. The topological polar surface area (TPSA) is 112 Å². The number of carbonyl (C=O) groups excluding carboxylic acids is 1. The third-order valence-corrected chi connectivity index (χ3v) is 6.65. The first-order valence-corrected chi connectivity index (χ1v) is 12.7. The lowest BCUT2D eigenvalue weighted by Gasteiger charge is -2.14. The second kappa shape index (κ2) is 11.3. The van der Waals surface area contributed by atoms with Gasteiger partial charge in [-0.25, -0.2) is 13.3 Å². The highest BCUT2D eigenvalue weighted by molar-refractivity contribution is 9.10. The molecule has 208 valence electrons. The van der Waals surface area contributed by atoms with Crippen molar-refractivity contribution in [2.45, 2.75) is 0 Å². The molecule has 0 saturated heterocycles. The van der Waals surface area contributed by atoms with Crippen LogP contribution in [0, 0.1) is 11.6 Å². The Hall–Kier alpha value is -4.97. The molecule has 0 aliphatic heterocycles. The van der Waals surface area contributed by atoms with E-state index in [9.17, 15) is 19.1 Å². The number of halogens is 3. The highest BCUT2D eigenvalue weighted by Gasteiger charge is 2.21. The number of hydrogen-bond acceptors (Lipinski definition) is 7. The molecule has 1 amide bonds. The summed E-state index contributed by atoms with van der Waals surface area (Å²) in [6.07, 6.45) is 1.51. The van der Waals surface area contributed by atoms with Crippen LogP contribution in [-0.4, -0.2) is 34.8 Å². The number of nitrogens with zero attached hydrogens (tertiary/aromatic N) is 2. The van der Waals surface area contributed by atoms with E-state index in [-0.39, 0.29) is 27.2 Å². The molecule has 2 N–H and O–H groups in total. The van der Waals surface area contributed by atoms with Gasteiger partial charge in [-0.2, -0.15) is 0 Å². The van der Waals surface area contributed by atoms with E-state index >= 15 is 4.39 Å². The molecular weight excluding hydrogens is 604 g/mol. The Kier molecular flexibility index (Phi) is 7.58. The quantitative estimate of drug-likeness (QED) is 0.222. The maximum absolute atomic E-state index is 15.1. The van der Waals surface area contributed by atoms with Crippen molar-refractivity contribution in [1.82, 2.24) is 9.55 Å². The van der Waals surface area contributed by atoms with Crippen molar-refractivity contribution in [2.24, 2.45) is 0 Å². The van der Waals surface area contributed by atoms with Gasteiger partial charge in [0, 0.05) is 29.4 Å². The average molecular weight is 624 g/mol. The first-order valence-electron chi connectivity index (χ1n) is 11.9. The first-order chi connectivity index (χ1) is 19.7. The number of methoxy groups -OCH3 is 2. The van der Waals surface area contributed by atoms with Crippen LogP contribution in [0.25, 0.3) is 16.6 Å². The Morgan fingerprint density at radius 3 is 2.32 bits per heavy atom. The highest BCUT2D eigenvalue weighted by Crippen LogP contribution is 2.37. The molecule has 0 aliphatic carbocycles. The Balaban J connectivity index is 1.42. The summed E-state index contributed by atoms with van der Waals surface area (Å²) in [7, 11) is 2.99. The summed E-state index contributed by atoms with van der Waals surface area (Å²) in [5.41, 5.74) is -0.221. The van der Waals surface area contributed by atoms with Crippen molar-refractivity contribution in [3.8, 4) is 34.6 Å². The molecule has 12 heteroatoms. The Labute approximate surface area is 239 Å². The van der Waals surface area contributed by atoms with Crippen LogP contribution in [0.1, 0.15) is 10.4 Å². The van der Waals surface area contributed by atoms with Crippen molar-refractivity contribution in [2.75, 3.05) is 19.5 Å². The van der Waals surface area contributed by atoms with E-state index in [0.717, 1.165) is 28.8 Å². The maximum Gasteiger partial charge on any atom is 0.272 e. The van der Waals surface area contributed by atoms with E-state index in [1.165, 1.54) is 44.7 Å². The molecule has 0 atom stereocenters. The second-order valence-electron chi connectivity index (χ2n) is 8.58. The van der Waals surface area contributed by atoms with Crippen LogP contribution in [0.4, 0.5) is 14.5 Å². The molecule has 0 fully saturated rings. The largest absolute Gasteiger partial charge is 0.494 e. The van der Waals surface area contributed by atoms with E-state index in [2.05, 4.69) is 26.2 Å². The smallest absolute Gasteiger partial charge is 0.272 e. The number of carbonyl (C=O) groups is 1. The van der Waals surface area contributed by atoms with Crippen LogP contribution in [0.2, 0.25) is 0 Å². The van der Waals surface area contributed by atoms with Crippen LogP contribution in [0.3, 0.4) is 0 Å². The van der Waals surface area contributed by atoms with Gasteiger partial charge in [0.15, 0.2) is 23.1 Å². The Bertz CT molecular complexity index is 1860. The van der Waals surface area contributed by atoms with Gasteiger partial charge >= 0.3 is 0 Å². The van der Waals surface area contributed by atoms with Gasteiger partial charge in [0.05, 0.1) is 29.9 Å². The fourth-order valence-corrected chi connectivity index (χ4v) is 4.49. The molecule has 3 aromatic carbocycles. The van der Waals surface area contributed by atoms with Gasteiger partial charge < -0.3 is 24.6 Å². The normalized spacial score (nSPS) is 10.9. The van der Waals surface area contributed by atoms with Gasteiger partial charge in [0.2, 0.25) is 5.88 Å². The van der Waals surface area contributed by atoms with Crippen LogP contribution >= 0.6 is 15.9 Å². The number of pyridine rings is 2. The van der Waals surface area contributed by atoms with E-state index in [0.29, 0.717) is 28.2 Å². The number of fused-ring (bicyclic) bond motifs is 1. The van der Waals surface area contributed by atoms with E-state index < -0.39 is 29.0 Å². The lowest BCUT2D eigenvalue weighted by molar-refractivity contribution is 0.102. The summed E-state index contributed by atoms with van der Waals surface area (Å²) in [6.45, 7) is 0. The maximum atomic E-state index is 15.1. The zero-order chi connectivity index (χ0) is 29.3. The predicted molar refractivity (Wildman–Crippen MR) is 151 cm³/mol. The molecule has 0 radical (unpaired) electrons. The third kappa shape index (κ3) is 5.41. The van der Waals surface area contributed by atoms with Gasteiger partial charge in [0.1, 0.15) is 17.1 Å². The monoisotopic (exact) mass is 623 g/mol. The third-order valence-electron chi connectivity index (χ3n) is 6.08. The van der Waals surface area contributed by atoms with Crippen molar-refractivity contribution >= 4 is 38.4 Å². The van der Waals surface area contributed by atoms with Gasteiger partial charge in [-0.3, -0.25) is 14.6 Å². The standard InChI is InChI=1S/C29H20BrF2N3O6/c1-39-25-13-18-22(14-26(25)40-2)33-10-9-23(18)41-24-8-5-16(11-21(24)32)34-27(36)19-12-20(30)29(38)35(28(19)37)17-6-3-15(31)4-7-17/h3-14,37H,1-2H3,(H,34,36). The molecule has 0 spiro atoms. The second-order valence-corrected chi connectivity index (χ2v) is 9.44. The van der Waals surface area contributed by atoms with Gasteiger partial charge in [-0.05, 0) is 70.5 Å². The van der Waals surface area contributed by atoms with Crippen molar-refractivity contribution in [3.05, 3.63) is 105 Å². The summed E-state index contributed by atoms with van der Waals surface area (Å²) >= 11 is 3.09. The van der Waals surface area contributed by atoms with Gasteiger partial charge in [-0.1, -0.05) is 0 Å². The van der Waals surface area contributed by atoms with Crippen LogP contribution in [0.5, 0.6) is 28.9 Å². The summed E-state index contributed by atoms with van der Waals surface area (Å²) in [4.78, 5) is 30.0. The number of ether oxygens (including phenoxy) is 3. The van der Waals surface area contributed by atoms with Gasteiger partial charge in [0.25, 0.3) is 11.5 Å². The number of benzene rings is 3. The Morgan fingerprint density at radius 1 is 0.927 bits per heavy atom. The molecule has 5 rings (SSSR count). The summed E-state index contributed by atoms with van der Waals surface area (Å²) in [5.74, 6) is -1.73. The number of hydrogen-bond donors (Lipinski definition) is 2. The molecule has 41 heavy (non-hydrogen) atoms. The number of amides is 1. The molecular formula is C29H20BrF2N3O6.